The zero-order valence-electron chi connectivity index (χ0n) is 7.53. The van der Waals surface area contributed by atoms with E-state index >= 15 is 0 Å². The van der Waals surface area contributed by atoms with E-state index in [1.807, 2.05) is 36.4 Å². The van der Waals surface area contributed by atoms with Gasteiger partial charge < -0.3 is 5.73 Å². The van der Waals surface area contributed by atoms with Crippen LogP contribution in [0.5, 0.6) is 0 Å². The van der Waals surface area contributed by atoms with E-state index in [1.54, 1.807) is 0 Å². The van der Waals surface area contributed by atoms with E-state index in [2.05, 4.69) is 0 Å². The Labute approximate surface area is 94.3 Å². The molecule has 0 fully saturated rings. The second kappa shape index (κ2) is 4.65. The van der Waals surface area contributed by atoms with Crippen molar-refractivity contribution in [1.82, 2.24) is 0 Å². The monoisotopic (exact) mass is 227 g/mol. The van der Waals surface area contributed by atoms with Crippen LogP contribution < -0.4 is 5.73 Å². The molecule has 2 aromatic carbocycles. The molecule has 0 saturated heterocycles. The third-order valence-electron chi connectivity index (χ3n) is 2.18. The SMILES string of the molecule is Cl.NCc1ccc(Cl)c2ccccc12. The lowest BCUT2D eigenvalue weighted by Gasteiger charge is -2.04. The van der Waals surface area contributed by atoms with Gasteiger partial charge in [-0.05, 0) is 17.0 Å². The summed E-state index contributed by atoms with van der Waals surface area (Å²) in [6.07, 6.45) is 0. The van der Waals surface area contributed by atoms with E-state index in [-0.39, 0.29) is 12.4 Å². The van der Waals surface area contributed by atoms with E-state index < -0.39 is 0 Å². The minimum atomic E-state index is 0. The minimum Gasteiger partial charge on any atom is -0.326 e. The second-order valence-electron chi connectivity index (χ2n) is 2.96. The minimum absolute atomic E-state index is 0. The Morgan fingerprint density at radius 2 is 1.64 bits per heavy atom. The topological polar surface area (TPSA) is 26.0 Å². The number of rotatable bonds is 1. The van der Waals surface area contributed by atoms with Gasteiger partial charge >= 0.3 is 0 Å². The van der Waals surface area contributed by atoms with E-state index in [9.17, 15) is 0 Å². The quantitative estimate of drug-likeness (QED) is 0.795. The summed E-state index contributed by atoms with van der Waals surface area (Å²) in [5.41, 5.74) is 6.76. The van der Waals surface area contributed by atoms with Gasteiger partial charge in [-0.1, -0.05) is 41.9 Å². The van der Waals surface area contributed by atoms with Crippen LogP contribution in [-0.2, 0) is 6.54 Å². The Hall–Kier alpha value is -0.760. The highest BCUT2D eigenvalue weighted by Crippen LogP contribution is 2.25. The Kier molecular flexibility index (Phi) is 3.76. The molecule has 74 valence electrons. The standard InChI is InChI=1S/C11H10ClN.ClH/c12-11-6-5-8(7-13)9-3-1-2-4-10(9)11;/h1-6H,7,13H2;1H. The molecule has 0 aromatic heterocycles. The van der Waals surface area contributed by atoms with Crippen molar-refractivity contribution in [2.45, 2.75) is 6.54 Å². The van der Waals surface area contributed by atoms with Crippen LogP contribution in [0.25, 0.3) is 10.8 Å². The smallest absolute Gasteiger partial charge is 0.0484 e. The third kappa shape index (κ3) is 1.85. The first-order valence-electron chi connectivity index (χ1n) is 4.19. The Morgan fingerprint density at radius 3 is 2.29 bits per heavy atom. The van der Waals surface area contributed by atoms with Gasteiger partial charge in [0.1, 0.15) is 0 Å². The van der Waals surface area contributed by atoms with Crippen molar-refractivity contribution in [3.05, 3.63) is 47.0 Å². The summed E-state index contributed by atoms with van der Waals surface area (Å²) in [4.78, 5) is 0. The molecule has 1 nitrogen and oxygen atoms in total. The molecule has 0 unspecified atom stereocenters. The maximum absolute atomic E-state index is 6.05. The van der Waals surface area contributed by atoms with Gasteiger partial charge in [0.05, 0.1) is 0 Å². The first-order chi connectivity index (χ1) is 6.33. The van der Waals surface area contributed by atoms with Crippen molar-refractivity contribution in [1.29, 1.82) is 0 Å². The van der Waals surface area contributed by atoms with Crippen LogP contribution >= 0.6 is 24.0 Å². The molecule has 0 atom stereocenters. The van der Waals surface area contributed by atoms with E-state index in [0.29, 0.717) is 6.54 Å². The Morgan fingerprint density at radius 1 is 1.00 bits per heavy atom. The van der Waals surface area contributed by atoms with Gasteiger partial charge in [-0.25, -0.2) is 0 Å². The highest BCUT2D eigenvalue weighted by Gasteiger charge is 2.01. The third-order valence-corrected chi connectivity index (χ3v) is 2.51. The second-order valence-corrected chi connectivity index (χ2v) is 3.36. The van der Waals surface area contributed by atoms with Gasteiger partial charge in [-0.3, -0.25) is 0 Å². The highest BCUT2D eigenvalue weighted by atomic mass is 35.5. The molecule has 0 spiro atoms. The van der Waals surface area contributed by atoms with Gasteiger partial charge in [-0.15, -0.1) is 12.4 Å². The number of fused-ring (bicyclic) bond motifs is 1. The number of hydrogen-bond donors (Lipinski definition) is 1. The van der Waals surface area contributed by atoms with Crippen molar-refractivity contribution in [3.63, 3.8) is 0 Å². The summed E-state index contributed by atoms with van der Waals surface area (Å²) in [6.45, 7) is 0.553. The van der Waals surface area contributed by atoms with Gasteiger partial charge in [0.2, 0.25) is 0 Å². The molecule has 2 N–H and O–H groups in total. The predicted octanol–water partition coefficient (Wildman–Crippen LogP) is 3.37. The van der Waals surface area contributed by atoms with E-state index in [4.69, 9.17) is 17.3 Å². The molecule has 2 rings (SSSR count). The molecule has 0 bridgehead atoms. The van der Waals surface area contributed by atoms with Crippen molar-refractivity contribution in [2.75, 3.05) is 0 Å². The fourth-order valence-electron chi connectivity index (χ4n) is 1.50. The lowest BCUT2D eigenvalue weighted by atomic mass is 10.0. The van der Waals surface area contributed by atoms with Crippen LogP contribution in [-0.4, -0.2) is 0 Å². The zero-order chi connectivity index (χ0) is 9.26. The molecule has 0 aliphatic rings. The summed E-state index contributed by atoms with van der Waals surface area (Å²) < 4.78 is 0. The lowest BCUT2D eigenvalue weighted by Crippen LogP contribution is -1.96. The average Bonchev–Trinajstić information content (AvgIpc) is 2.19. The molecule has 0 aliphatic heterocycles. The maximum atomic E-state index is 6.05. The summed E-state index contributed by atoms with van der Waals surface area (Å²) in [5, 5.41) is 3.01. The largest absolute Gasteiger partial charge is 0.326 e. The first kappa shape index (κ1) is 11.3. The molecular weight excluding hydrogens is 217 g/mol. The van der Waals surface area contributed by atoms with Crippen LogP contribution in [0, 0.1) is 0 Å². The van der Waals surface area contributed by atoms with Crippen LogP contribution in [0.15, 0.2) is 36.4 Å². The van der Waals surface area contributed by atoms with Crippen molar-refractivity contribution >= 4 is 34.8 Å². The molecule has 3 heteroatoms. The predicted molar refractivity (Wildman–Crippen MR) is 64.1 cm³/mol. The zero-order valence-corrected chi connectivity index (χ0v) is 9.11. The molecule has 0 radical (unpaired) electrons. The first-order valence-corrected chi connectivity index (χ1v) is 4.57. The van der Waals surface area contributed by atoms with Gasteiger partial charge in [0.25, 0.3) is 0 Å². The average molecular weight is 228 g/mol. The molecular formula is C11H11Cl2N. The Bertz CT molecular complexity index is 440. The van der Waals surface area contributed by atoms with E-state index in [0.717, 1.165) is 21.4 Å². The van der Waals surface area contributed by atoms with Crippen LogP contribution in [0.1, 0.15) is 5.56 Å². The summed E-state index contributed by atoms with van der Waals surface area (Å²) in [5.74, 6) is 0. The Balaban J connectivity index is 0.000000980. The van der Waals surface area contributed by atoms with Gasteiger partial charge in [-0.2, -0.15) is 0 Å². The molecule has 14 heavy (non-hydrogen) atoms. The molecule has 0 heterocycles. The number of hydrogen-bond acceptors (Lipinski definition) is 1. The van der Waals surface area contributed by atoms with Crippen molar-refractivity contribution in [2.24, 2.45) is 5.73 Å². The molecule has 0 aliphatic carbocycles. The number of halogens is 2. The van der Waals surface area contributed by atoms with Crippen LogP contribution in [0.3, 0.4) is 0 Å². The summed E-state index contributed by atoms with van der Waals surface area (Å²) in [6, 6.07) is 11.9. The molecule has 0 amide bonds. The van der Waals surface area contributed by atoms with Crippen molar-refractivity contribution in [3.8, 4) is 0 Å². The van der Waals surface area contributed by atoms with Gasteiger partial charge in [0.15, 0.2) is 0 Å². The highest BCUT2D eigenvalue weighted by molar-refractivity contribution is 6.35. The molecule has 2 aromatic rings. The summed E-state index contributed by atoms with van der Waals surface area (Å²) in [7, 11) is 0. The number of nitrogens with two attached hydrogens (primary N) is 1. The normalized spacial score (nSPS) is 9.86. The maximum Gasteiger partial charge on any atom is 0.0484 e. The van der Waals surface area contributed by atoms with Crippen molar-refractivity contribution < 1.29 is 0 Å². The number of benzene rings is 2. The fraction of sp³-hybridized carbons (Fsp3) is 0.0909. The fourth-order valence-corrected chi connectivity index (χ4v) is 1.73. The molecule has 0 saturated carbocycles. The van der Waals surface area contributed by atoms with Gasteiger partial charge in [0, 0.05) is 17.0 Å². The van der Waals surface area contributed by atoms with Crippen LogP contribution in [0.4, 0.5) is 0 Å². The van der Waals surface area contributed by atoms with E-state index in [1.165, 1.54) is 0 Å². The lowest BCUT2D eigenvalue weighted by molar-refractivity contribution is 1.09. The summed E-state index contributed by atoms with van der Waals surface area (Å²) >= 11 is 6.05. The van der Waals surface area contributed by atoms with Crippen LogP contribution in [0.2, 0.25) is 5.02 Å².